The molecule has 1 aliphatic carbocycles. The van der Waals surface area contributed by atoms with E-state index in [1.54, 1.807) is 4.57 Å². The monoisotopic (exact) mass is 519 g/mol. The van der Waals surface area contributed by atoms with E-state index in [9.17, 15) is 10.2 Å². The second-order valence-electron chi connectivity index (χ2n) is 12.1. The molecule has 1 saturated heterocycles. The van der Waals surface area contributed by atoms with Crippen LogP contribution in [0.3, 0.4) is 0 Å². The molecule has 2 fully saturated rings. The van der Waals surface area contributed by atoms with E-state index in [2.05, 4.69) is 58.9 Å². The van der Waals surface area contributed by atoms with Crippen LogP contribution in [0.25, 0.3) is 22.2 Å². The Morgan fingerprint density at radius 1 is 1.05 bits per heavy atom. The summed E-state index contributed by atoms with van der Waals surface area (Å²) in [6, 6.07) is 6.52. The number of benzene rings is 1. The van der Waals surface area contributed by atoms with Crippen molar-refractivity contribution in [2.75, 3.05) is 5.73 Å². The predicted molar refractivity (Wildman–Crippen MR) is 144 cm³/mol. The van der Waals surface area contributed by atoms with Crippen molar-refractivity contribution in [2.45, 2.75) is 89.3 Å². The maximum absolute atomic E-state index is 10.7. The maximum Gasteiger partial charge on any atom is 0.167 e. The van der Waals surface area contributed by atoms with Crippen molar-refractivity contribution in [3.05, 3.63) is 42.2 Å². The highest BCUT2D eigenvalue weighted by atomic mass is 16.6. The molecule has 0 unspecified atom stereocenters. The van der Waals surface area contributed by atoms with Crippen LogP contribution in [0, 0.1) is 11.8 Å². The first-order valence-electron chi connectivity index (χ1n) is 13.6. The normalized spacial score (nSPS) is 27.8. The number of rotatable bonds is 7. The van der Waals surface area contributed by atoms with Gasteiger partial charge in [0.2, 0.25) is 0 Å². The van der Waals surface area contributed by atoms with Gasteiger partial charge in [0.15, 0.2) is 17.7 Å². The molecule has 1 aliphatic heterocycles. The number of aromatic amines is 1. The smallest absolute Gasteiger partial charge is 0.167 e. The van der Waals surface area contributed by atoms with Crippen molar-refractivity contribution < 1.29 is 14.9 Å². The quantitative estimate of drug-likeness (QED) is 0.289. The minimum Gasteiger partial charge on any atom is -0.388 e. The van der Waals surface area contributed by atoms with Crippen molar-refractivity contribution in [1.82, 2.24) is 29.5 Å². The Morgan fingerprint density at radius 3 is 2.63 bits per heavy atom. The summed E-state index contributed by atoms with van der Waals surface area (Å²) in [5, 5.41) is 21.3. The fourth-order valence-electron chi connectivity index (χ4n) is 5.99. The van der Waals surface area contributed by atoms with Crippen molar-refractivity contribution in [1.29, 1.82) is 0 Å². The molecule has 3 aromatic heterocycles. The zero-order valence-electron chi connectivity index (χ0n) is 22.2. The summed E-state index contributed by atoms with van der Waals surface area (Å²) in [5.41, 5.74) is 10.4. The molecule has 0 amide bonds. The Hall–Kier alpha value is -3.08. The number of ether oxygens (including phenoxy) is 1. The zero-order chi connectivity index (χ0) is 26.6. The zero-order valence-corrected chi connectivity index (χ0v) is 22.2. The average Bonchev–Trinajstić information content (AvgIpc) is 3.54. The number of nitrogens with two attached hydrogens (primary N) is 1. The number of fused-ring (bicyclic) bond motifs is 2. The lowest BCUT2D eigenvalue weighted by molar-refractivity contribution is -0.0400. The summed E-state index contributed by atoms with van der Waals surface area (Å²) in [4.78, 5) is 20.8. The average molecular weight is 520 g/mol. The van der Waals surface area contributed by atoms with E-state index >= 15 is 0 Å². The Balaban J connectivity index is 0.984. The number of aliphatic hydroxyl groups excluding tert-OH is 2. The second kappa shape index (κ2) is 9.59. The number of nitrogens with one attached hydrogen (secondary N) is 1. The van der Waals surface area contributed by atoms with E-state index in [0.29, 0.717) is 29.4 Å². The summed E-state index contributed by atoms with van der Waals surface area (Å²) in [7, 11) is 0. The summed E-state index contributed by atoms with van der Waals surface area (Å²) < 4.78 is 7.72. The number of aromatic nitrogens is 6. The van der Waals surface area contributed by atoms with Crippen LogP contribution in [0.2, 0.25) is 0 Å². The molecular formula is C28H37N7O3. The van der Waals surface area contributed by atoms with Crippen LogP contribution in [0.15, 0.2) is 30.9 Å². The first-order chi connectivity index (χ1) is 18.2. The summed E-state index contributed by atoms with van der Waals surface area (Å²) in [6.07, 6.45) is 5.81. The molecule has 0 spiro atoms. The fourth-order valence-corrected chi connectivity index (χ4v) is 5.99. The van der Waals surface area contributed by atoms with Gasteiger partial charge < -0.3 is 25.7 Å². The number of aliphatic hydroxyl groups is 2. The van der Waals surface area contributed by atoms with Crippen LogP contribution in [0.4, 0.5) is 5.82 Å². The van der Waals surface area contributed by atoms with Gasteiger partial charge in [0.1, 0.15) is 29.9 Å². The lowest BCUT2D eigenvalue weighted by Gasteiger charge is -2.36. The van der Waals surface area contributed by atoms with Crippen LogP contribution in [-0.2, 0) is 16.6 Å². The highest BCUT2D eigenvalue weighted by molar-refractivity contribution is 5.81. The number of nitrogen functional groups attached to an aromatic ring is 1. The lowest BCUT2D eigenvalue weighted by Crippen LogP contribution is -2.32. The number of anilines is 1. The van der Waals surface area contributed by atoms with E-state index in [4.69, 9.17) is 15.5 Å². The molecule has 4 aromatic rings. The molecule has 5 N–H and O–H groups in total. The second-order valence-corrected chi connectivity index (χ2v) is 12.1. The van der Waals surface area contributed by atoms with Crippen molar-refractivity contribution in [2.24, 2.45) is 11.8 Å². The number of H-pyrrole nitrogens is 1. The van der Waals surface area contributed by atoms with Crippen molar-refractivity contribution >= 4 is 28.0 Å². The van der Waals surface area contributed by atoms with Gasteiger partial charge in [-0.25, -0.2) is 19.9 Å². The van der Waals surface area contributed by atoms with Gasteiger partial charge in [-0.15, -0.1) is 0 Å². The standard InChI is InChI=1S/C28H37N7O3/c1-28(2,3)17-6-7-18-19(12-17)34-21(33-18)9-5-16-10-15(11-16)4-8-20-23(36)24(37)27(38-20)35-14-32-22-25(29)30-13-31-26(22)35/h6-7,12-16,20,23-24,27,36-37H,4-5,8-11H2,1-3H3,(H,33,34)(H2,29,30,31)/t15?,16?,20-,23-,24-,27-/m1/s1. The van der Waals surface area contributed by atoms with Gasteiger partial charge in [-0.1, -0.05) is 26.8 Å². The third-order valence-electron chi connectivity index (χ3n) is 8.38. The Labute approximate surface area is 221 Å². The van der Waals surface area contributed by atoms with Gasteiger partial charge in [-0.3, -0.25) is 4.57 Å². The predicted octanol–water partition coefficient (Wildman–Crippen LogP) is 3.64. The molecule has 0 radical (unpaired) electrons. The summed E-state index contributed by atoms with van der Waals surface area (Å²) in [5.74, 6) is 2.66. The number of hydrogen-bond donors (Lipinski definition) is 4. The van der Waals surface area contributed by atoms with Crippen LogP contribution in [-0.4, -0.2) is 58.0 Å². The van der Waals surface area contributed by atoms with Gasteiger partial charge in [0.25, 0.3) is 0 Å². The minimum atomic E-state index is -1.06. The highest BCUT2D eigenvalue weighted by Gasteiger charge is 2.44. The minimum absolute atomic E-state index is 0.121. The number of aryl methyl sites for hydroxylation is 1. The Bertz CT molecular complexity index is 1440. The molecule has 0 bridgehead atoms. The molecular weight excluding hydrogens is 482 g/mol. The molecule has 10 heteroatoms. The third-order valence-corrected chi connectivity index (χ3v) is 8.38. The largest absolute Gasteiger partial charge is 0.388 e. The van der Waals surface area contributed by atoms with E-state index in [-0.39, 0.29) is 11.2 Å². The molecule has 10 nitrogen and oxygen atoms in total. The molecule has 2 aliphatic rings. The molecule has 202 valence electrons. The molecule has 4 atom stereocenters. The van der Waals surface area contributed by atoms with E-state index in [0.717, 1.165) is 36.1 Å². The molecule has 1 saturated carbocycles. The molecule has 38 heavy (non-hydrogen) atoms. The Morgan fingerprint density at radius 2 is 1.84 bits per heavy atom. The highest BCUT2D eigenvalue weighted by Crippen LogP contribution is 2.42. The van der Waals surface area contributed by atoms with Gasteiger partial charge in [0, 0.05) is 6.42 Å². The van der Waals surface area contributed by atoms with E-state index < -0.39 is 24.5 Å². The van der Waals surface area contributed by atoms with Gasteiger partial charge >= 0.3 is 0 Å². The number of hydrogen-bond acceptors (Lipinski definition) is 8. The molecule has 4 heterocycles. The Kier molecular flexibility index (Phi) is 6.36. The number of imidazole rings is 2. The molecule has 6 rings (SSSR count). The number of nitrogens with zero attached hydrogens (tertiary/aromatic N) is 5. The van der Waals surface area contributed by atoms with E-state index in [1.165, 1.54) is 31.1 Å². The van der Waals surface area contributed by atoms with Crippen molar-refractivity contribution in [3.63, 3.8) is 0 Å². The van der Waals surface area contributed by atoms with Gasteiger partial charge in [0.05, 0.1) is 23.5 Å². The molecule has 1 aromatic carbocycles. The van der Waals surface area contributed by atoms with E-state index in [1.807, 2.05) is 0 Å². The third kappa shape index (κ3) is 4.65. The van der Waals surface area contributed by atoms with Crippen LogP contribution in [0.1, 0.15) is 70.5 Å². The topological polar surface area (TPSA) is 148 Å². The first kappa shape index (κ1) is 25.2. The maximum atomic E-state index is 10.7. The SMILES string of the molecule is CC(C)(C)c1ccc2nc(CCC3CC(CC[C@H]4O[C@@H](n5cnc6c(N)ncnc65)[C@H](O)[C@@H]4O)C3)[nH]c2c1. The van der Waals surface area contributed by atoms with Gasteiger partial charge in [-0.05, 0) is 67.1 Å². The van der Waals surface area contributed by atoms with Crippen LogP contribution < -0.4 is 5.73 Å². The summed E-state index contributed by atoms with van der Waals surface area (Å²) >= 11 is 0. The lowest BCUT2D eigenvalue weighted by atomic mass is 9.70. The van der Waals surface area contributed by atoms with Gasteiger partial charge in [-0.2, -0.15) is 0 Å². The fraction of sp³-hybridized carbons (Fsp3) is 0.571. The van der Waals surface area contributed by atoms with Crippen molar-refractivity contribution in [3.8, 4) is 0 Å². The van der Waals surface area contributed by atoms with Crippen LogP contribution in [0.5, 0.6) is 0 Å². The summed E-state index contributed by atoms with van der Waals surface area (Å²) in [6.45, 7) is 6.68. The van der Waals surface area contributed by atoms with Crippen LogP contribution >= 0.6 is 0 Å². The first-order valence-corrected chi connectivity index (χ1v) is 13.6.